The smallest absolute Gasteiger partial charge is 0.142 e. The SMILES string of the molecule is C[C@]12CCC(=NO[C@@H]3CCC[C@H]3N)C[C@@H]1/C(=N/O)C[C@@H]1[C@@H]2CC[C@]2(C)C(=O)CC[C@@H]12. The van der Waals surface area contributed by atoms with Crippen LogP contribution in [0, 0.1) is 34.5 Å². The molecule has 0 radical (unpaired) electrons. The van der Waals surface area contributed by atoms with Crippen molar-refractivity contribution in [2.24, 2.45) is 50.5 Å². The third-order valence-corrected chi connectivity index (χ3v) is 9.98. The Labute approximate surface area is 179 Å². The third-order valence-electron chi connectivity index (χ3n) is 9.98. The Morgan fingerprint density at radius 3 is 2.63 bits per heavy atom. The fourth-order valence-corrected chi connectivity index (χ4v) is 8.07. The predicted molar refractivity (Wildman–Crippen MR) is 115 cm³/mol. The molecule has 0 bridgehead atoms. The molecule has 0 spiro atoms. The molecule has 0 heterocycles. The van der Waals surface area contributed by atoms with Crippen LogP contribution in [0.4, 0.5) is 0 Å². The fourth-order valence-electron chi connectivity index (χ4n) is 8.07. The second kappa shape index (κ2) is 7.32. The van der Waals surface area contributed by atoms with Gasteiger partial charge >= 0.3 is 0 Å². The molecule has 166 valence electrons. The van der Waals surface area contributed by atoms with Crippen LogP contribution in [0.25, 0.3) is 0 Å². The predicted octanol–water partition coefficient (Wildman–Crippen LogP) is 4.29. The molecule has 0 aliphatic heterocycles. The van der Waals surface area contributed by atoms with Crippen LogP contribution in [0.2, 0.25) is 0 Å². The van der Waals surface area contributed by atoms with Crippen LogP contribution in [0.15, 0.2) is 10.3 Å². The van der Waals surface area contributed by atoms with Crippen molar-refractivity contribution < 1.29 is 14.8 Å². The Morgan fingerprint density at radius 2 is 1.90 bits per heavy atom. The normalized spacial score (nSPS) is 51.0. The fraction of sp³-hybridized carbons (Fsp3) is 0.875. The van der Waals surface area contributed by atoms with Gasteiger partial charge in [0.05, 0.1) is 11.4 Å². The first kappa shape index (κ1) is 20.5. The van der Waals surface area contributed by atoms with Crippen LogP contribution in [-0.2, 0) is 9.63 Å². The van der Waals surface area contributed by atoms with E-state index in [4.69, 9.17) is 10.6 Å². The molecule has 5 aliphatic carbocycles. The first-order valence-corrected chi connectivity index (χ1v) is 12.1. The van der Waals surface area contributed by atoms with Crippen LogP contribution < -0.4 is 5.73 Å². The maximum Gasteiger partial charge on any atom is 0.142 e. The van der Waals surface area contributed by atoms with E-state index >= 15 is 0 Å². The maximum atomic E-state index is 12.6. The topological polar surface area (TPSA) is 97.3 Å². The highest BCUT2D eigenvalue weighted by molar-refractivity contribution is 5.96. The summed E-state index contributed by atoms with van der Waals surface area (Å²) in [6, 6.07) is 0.0962. The van der Waals surface area contributed by atoms with Gasteiger partial charge in [-0.25, -0.2) is 0 Å². The number of Topliss-reactive ketones (excluding diaryl/α,β-unsaturated/α-hetero) is 1. The van der Waals surface area contributed by atoms with E-state index in [9.17, 15) is 10.0 Å². The molecular formula is C24H37N3O3. The minimum atomic E-state index is -0.153. The second-order valence-corrected chi connectivity index (χ2v) is 11.2. The minimum absolute atomic E-state index is 0.0449. The number of fused-ring (bicyclic) bond motifs is 5. The van der Waals surface area contributed by atoms with E-state index in [1.165, 1.54) is 0 Å². The van der Waals surface area contributed by atoms with E-state index in [1.807, 2.05) is 0 Å². The number of nitrogens with zero attached hydrogens (tertiary/aromatic N) is 2. The zero-order chi connectivity index (χ0) is 21.1. The molecule has 6 heteroatoms. The molecule has 8 atom stereocenters. The molecule has 0 unspecified atom stereocenters. The van der Waals surface area contributed by atoms with Gasteiger partial charge in [0.2, 0.25) is 0 Å². The van der Waals surface area contributed by atoms with E-state index in [-0.39, 0.29) is 28.9 Å². The summed E-state index contributed by atoms with van der Waals surface area (Å²) in [4.78, 5) is 18.5. The maximum absolute atomic E-state index is 12.6. The molecule has 0 aromatic heterocycles. The number of oxime groups is 2. The number of nitrogens with two attached hydrogens (primary N) is 1. The van der Waals surface area contributed by atoms with Gasteiger partial charge in [-0.15, -0.1) is 0 Å². The quantitative estimate of drug-likeness (QED) is 0.519. The molecule has 5 saturated carbocycles. The molecule has 0 saturated heterocycles. The average molecular weight is 416 g/mol. The number of carbonyl (C=O) groups excluding carboxylic acids is 1. The summed E-state index contributed by atoms with van der Waals surface area (Å²) >= 11 is 0. The Morgan fingerprint density at radius 1 is 1.07 bits per heavy atom. The summed E-state index contributed by atoms with van der Waals surface area (Å²) < 4.78 is 0. The lowest BCUT2D eigenvalue weighted by Crippen LogP contribution is -2.56. The summed E-state index contributed by atoms with van der Waals surface area (Å²) in [5.74, 6) is 2.19. The number of hydrogen-bond donors (Lipinski definition) is 2. The Hall–Kier alpha value is -1.43. The van der Waals surface area contributed by atoms with Gasteiger partial charge in [-0.3, -0.25) is 4.79 Å². The number of carbonyl (C=O) groups is 1. The molecule has 5 aliphatic rings. The van der Waals surface area contributed by atoms with E-state index in [0.29, 0.717) is 23.5 Å². The van der Waals surface area contributed by atoms with Gasteiger partial charge in [-0.05, 0) is 87.4 Å². The van der Waals surface area contributed by atoms with Gasteiger partial charge in [0.1, 0.15) is 11.9 Å². The monoisotopic (exact) mass is 415 g/mol. The molecule has 6 nitrogen and oxygen atoms in total. The zero-order valence-corrected chi connectivity index (χ0v) is 18.5. The van der Waals surface area contributed by atoms with Crippen molar-refractivity contribution in [1.82, 2.24) is 0 Å². The molecule has 30 heavy (non-hydrogen) atoms. The lowest BCUT2D eigenvalue weighted by atomic mass is 9.45. The van der Waals surface area contributed by atoms with Crippen LogP contribution in [-0.4, -0.2) is 34.6 Å². The largest absolute Gasteiger partial charge is 0.411 e. The van der Waals surface area contributed by atoms with E-state index in [2.05, 4.69) is 24.2 Å². The van der Waals surface area contributed by atoms with Crippen molar-refractivity contribution >= 4 is 17.2 Å². The number of ketones is 1. The lowest BCUT2D eigenvalue weighted by molar-refractivity contribution is -0.133. The lowest BCUT2D eigenvalue weighted by Gasteiger charge is -2.59. The summed E-state index contributed by atoms with van der Waals surface area (Å²) in [6.07, 6.45) is 10.7. The van der Waals surface area contributed by atoms with Gasteiger partial charge in [0, 0.05) is 23.8 Å². The highest BCUT2D eigenvalue weighted by Crippen LogP contribution is 2.64. The standard InChI is InChI=1S/C24H37N3O3/c1-23-10-8-14(27-30-21-5-3-4-19(21)25)12-18(23)20(26-29)13-15-16-6-7-22(28)24(16,2)11-9-17(15)23/h15-19,21,29H,3-13,25H2,1-2H3/b26-20+,27-14?/t15-,16-,17-,18+,19+,21+,23+,24-/m0/s1. The molecular weight excluding hydrogens is 378 g/mol. The van der Waals surface area contributed by atoms with Gasteiger partial charge in [-0.2, -0.15) is 0 Å². The van der Waals surface area contributed by atoms with Gasteiger partial charge in [0.15, 0.2) is 0 Å². The zero-order valence-electron chi connectivity index (χ0n) is 18.5. The Balaban J connectivity index is 1.37. The Kier molecular flexibility index (Phi) is 4.99. The molecule has 5 fully saturated rings. The average Bonchev–Trinajstić information content (AvgIpc) is 3.28. The van der Waals surface area contributed by atoms with Crippen LogP contribution in [0.3, 0.4) is 0 Å². The van der Waals surface area contributed by atoms with Crippen LogP contribution in [0.1, 0.15) is 84.5 Å². The summed E-state index contributed by atoms with van der Waals surface area (Å²) in [5.41, 5.74) is 8.10. The number of rotatable bonds is 2. The molecule has 3 N–H and O–H groups in total. The summed E-state index contributed by atoms with van der Waals surface area (Å²) in [7, 11) is 0. The minimum Gasteiger partial charge on any atom is -0.411 e. The Bertz CT molecular complexity index is 780. The van der Waals surface area contributed by atoms with E-state index < -0.39 is 0 Å². The highest BCUT2D eigenvalue weighted by Gasteiger charge is 2.61. The third kappa shape index (κ3) is 2.96. The van der Waals surface area contributed by atoms with Crippen molar-refractivity contribution in [1.29, 1.82) is 0 Å². The highest BCUT2D eigenvalue weighted by atomic mass is 16.6. The molecule has 0 aromatic rings. The molecule has 5 rings (SSSR count). The first-order chi connectivity index (χ1) is 14.4. The van der Waals surface area contributed by atoms with Gasteiger partial charge < -0.3 is 15.8 Å². The van der Waals surface area contributed by atoms with Crippen molar-refractivity contribution in [2.75, 3.05) is 0 Å². The molecule has 0 aromatic carbocycles. The van der Waals surface area contributed by atoms with E-state index in [1.54, 1.807) is 0 Å². The van der Waals surface area contributed by atoms with Crippen LogP contribution in [0.5, 0.6) is 0 Å². The van der Waals surface area contributed by atoms with Gasteiger partial charge in [0.25, 0.3) is 0 Å². The first-order valence-electron chi connectivity index (χ1n) is 12.1. The number of hydrogen-bond acceptors (Lipinski definition) is 6. The van der Waals surface area contributed by atoms with Gasteiger partial charge in [-0.1, -0.05) is 24.2 Å². The summed E-state index contributed by atoms with van der Waals surface area (Å²) in [5, 5.41) is 18.3. The van der Waals surface area contributed by atoms with Crippen molar-refractivity contribution in [2.45, 2.75) is 96.6 Å². The van der Waals surface area contributed by atoms with Crippen molar-refractivity contribution in [3.63, 3.8) is 0 Å². The van der Waals surface area contributed by atoms with E-state index in [0.717, 1.165) is 82.1 Å². The van der Waals surface area contributed by atoms with Crippen molar-refractivity contribution in [3.05, 3.63) is 0 Å². The summed E-state index contributed by atoms with van der Waals surface area (Å²) in [6.45, 7) is 4.60. The second-order valence-electron chi connectivity index (χ2n) is 11.2. The van der Waals surface area contributed by atoms with Crippen LogP contribution >= 0.6 is 0 Å². The van der Waals surface area contributed by atoms with Crippen molar-refractivity contribution in [3.8, 4) is 0 Å². The molecule has 0 amide bonds.